The van der Waals surface area contributed by atoms with Crippen LogP contribution in [0.4, 0.5) is 4.39 Å². The molecule has 0 radical (unpaired) electrons. The molecule has 27 heavy (non-hydrogen) atoms. The zero-order chi connectivity index (χ0) is 19.1. The van der Waals surface area contributed by atoms with E-state index in [9.17, 15) is 18.8 Å². The molecule has 140 valence electrons. The monoisotopic (exact) mass is 369 g/mol. The third-order valence-electron chi connectivity index (χ3n) is 5.57. The van der Waals surface area contributed by atoms with Crippen LogP contribution in [0.25, 0.3) is 0 Å². The summed E-state index contributed by atoms with van der Waals surface area (Å²) < 4.78 is 13.8. The number of pyridine rings is 1. The van der Waals surface area contributed by atoms with Gasteiger partial charge in [-0.15, -0.1) is 0 Å². The first-order chi connectivity index (χ1) is 12.9. The Bertz CT molecular complexity index is 957. The van der Waals surface area contributed by atoms with Gasteiger partial charge in [0.2, 0.25) is 11.5 Å². The van der Waals surface area contributed by atoms with Gasteiger partial charge in [-0.05, 0) is 23.8 Å². The van der Waals surface area contributed by atoms with E-state index in [-0.39, 0.29) is 41.1 Å². The van der Waals surface area contributed by atoms with Gasteiger partial charge in [0.15, 0.2) is 0 Å². The molecule has 0 unspecified atom stereocenters. The van der Waals surface area contributed by atoms with Gasteiger partial charge >= 0.3 is 0 Å². The highest BCUT2D eigenvalue weighted by Crippen LogP contribution is 2.45. The molecule has 1 aromatic heterocycles. The Morgan fingerprint density at radius 1 is 1.15 bits per heavy atom. The molecular formula is C20H20FN3O3. The van der Waals surface area contributed by atoms with Gasteiger partial charge < -0.3 is 14.8 Å². The van der Waals surface area contributed by atoms with Gasteiger partial charge in [0, 0.05) is 56.2 Å². The van der Waals surface area contributed by atoms with E-state index in [0.717, 1.165) is 5.56 Å². The van der Waals surface area contributed by atoms with E-state index < -0.39 is 0 Å². The van der Waals surface area contributed by atoms with Crippen LogP contribution in [0.3, 0.4) is 0 Å². The Morgan fingerprint density at radius 3 is 2.67 bits per heavy atom. The number of likely N-dealkylation sites (tertiary alicyclic amines) is 2. The summed E-state index contributed by atoms with van der Waals surface area (Å²) in [6, 6.07) is 8.94. The first kappa shape index (κ1) is 17.5. The first-order valence-corrected chi connectivity index (χ1v) is 8.94. The maximum absolute atomic E-state index is 13.8. The van der Waals surface area contributed by atoms with Gasteiger partial charge in [0.25, 0.3) is 5.91 Å². The smallest absolute Gasteiger partial charge is 0.254 e. The number of carbonyl (C=O) groups is 2. The molecule has 2 fully saturated rings. The van der Waals surface area contributed by atoms with Crippen LogP contribution in [-0.4, -0.2) is 46.2 Å². The van der Waals surface area contributed by atoms with Gasteiger partial charge in [-0.2, -0.15) is 0 Å². The number of fused-ring (bicyclic) bond motifs is 1. The van der Waals surface area contributed by atoms with Gasteiger partial charge in [-0.3, -0.25) is 14.4 Å². The fourth-order valence-electron chi connectivity index (χ4n) is 4.41. The number of carbonyl (C=O) groups excluding carboxylic acids is 2. The highest BCUT2D eigenvalue weighted by molar-refractivity contribution is 5.94. The number of benzene rings is 1. The van der Waals surface area contributed by atoms with Crippen LogP contribution >= 0.6 is 0 Å². The fraction of sp³-hybridized carbons (Fsp3) is 0.350. The normalized spacial score (nSPS) is 24.1. The van der Waals surface area contributed by atoms with Crippen molar-refractivity contribution < 1.29 is 14.0 Å². The van der Waals surface area contributed by atoms with E-state index in [1.54, 1.807) is 21.9 Å². The molecule has 4 rings (SSSR count). The van der Waals surface area contributed by atoms with E-state index in [4.69, 9.17) is 0 Å². The highest BCUT2D eigenvalue weighted by atomic mass is 19.1. The van der Waals surface area contributed by atoms with Crippen LogP contribution in [0, 0.1) is 17.7 Å². The number of aromatic amines is 1. The van der Waals surface area contributed by atoms with Crippen molar-refractivity contribution >= 4 is 11.8 Å². The first-order valence-electron chi connectivity index (χ1n) is 8.94. The summed E-state index contributed by atoms with van der Waals surface area (Å²) >= 11 is 0. The van der Waals surface area contributed by atoms with Gasteiger partial charge in [0.1, 0.15) is 5.82 Å². The Labute approximate surface area is 155 Å². The number of halogens is 1. The van der Waals surface area contributed by atoms with E-state index >= 15 is 0 Å². The van der Waals surface area contributed by atoms with E-state index in [1.807, 2.05) is 6.07 Å². The maximum atomic E-state index is 13.8. The van der Waals surface area contributed by atoms with E-state index in [0.29, 0.717) is 25.2 Å². The zero-order valence-corrected chi connectivity index (χ0v) is 14.9. The summed E-state index contributed by atoms with van der Waals surface area (Å²) in [4.78, 5) is 42.4. The summed E-state index contributed by atoms with van der Waals surface area (Å²) in [6.07, 6.45) is 1.46. The summed E-state index contributed by atoms with van der Waals surface area (Å²) in [5.74, 6) is -0.405. The Morgan fingerprint density at radius 2 is 1.96 bits per heavy atom. The molecule has 7 heteroatoms. The number of amides is 2. The van der Waals surface area contributed by atoms with Crippen molar-refractivity contribution in [2.24, 2.45) is 11.8 Å². The summed E-state index contributed by atoms with van der Waals surface area (Å²) in [7, 11) is 0. The number of rotatable bonds is 2. The summed E-state index contributed by atoms with van der Waals surface area (Å²) in [5.41, 5.74) is 0.785. The van der Waals surface area contributed by atoms with Crippen LogP contribution in [0.1, 0.15) is 28.9 Å². The van der Waals surface area contributed by atoms with Crippen LogP contribution in [0.15, 0.2) is 47.4 Å². The Hall–Kier alpha value is -2.96. The molecule has 3 atom stereocenters. The standard InChI is InChI=1S/C20H20FN3O3/c1-12(25)24-10-15-9-23(20(27)14-5-6-22-18(26)8-14)11-17(15)19(24)13-3-2-4-16(21)7-13/h2-8,15,17,19H,9-11H2,1H3,(H,22,26)/t15-,17-,19+/m1/s1. The Kier molecular flexibility index (Phi) is 4.30. The average Bonchev–Trinajstić information content (AvgIpc) is 3.18. The lowest BCUT2D eigenvalue weighted by Gasteiger charge is -2.29. The zero-order valence-electron chi connectivity index (χ0n) is 14.9. The summed E-state index contributed by atoms with van der Waals surface area (Å²) in [6.45, 7) is 3.06. The number of nitrogens with one attached hydrogen (secondary N) is 1. The summed E-state index contributed by atoms with van der Waals surface area (Å²) in [5, 5.41) is 0. The van der Waals surface area contributed by atoms with Crippen molar-refractivity contribution in [2.75, 3.05) is 19.6 Å². The van der Waals surface area contributed by atoms with Crippen LogP contribution in [0.5, 0.6) is 0 Å². The molecule has 3 heterocycles. The minimum Gasteiger partial charge on any atom is -0.338 e. The molecule has 0 aliphatic carbocycles. The predicted molar refractivity (Wildman–Crippen MR) is 96.5 cm³/mol. The van der Waals surface area contributed by atoms with Crippen LogP contribution < -0.4 is 5.56 Å². The number of H-pyrrole nitrogens is 1. The fourth-order valence-corrected chi connectivity index (χ4v) is 4.41. The molecule has 2 aromatic rings. The van der Waals surface area contributed by atoms with Crippen molar-refractivity contribution in [3.05, 3.63) is 69.9 Å². The third kappa shape index (κ3) is 3.13. The van der Waals surface area contributed by atoms with Gasteiger partial charge in [-0.1, -0.05) is 12.1 Å². The minimum atomic E-state index is -0.339. The van der Waals surface area contributed by atoms with Gasteiger partial charge in [-0.25, -0.2) is 4.39 Å². The minimum absolute atomic E-state index is 0.0432. The molecule has 0 saturated carbocycles. The lowest BCUT2D eigenvalue weighted by molar-refractivity contribution is -0.130. The molecule has 2 saturated heterocycles. The quantitative estimate of drug-likeness (QED) is 0.877. The number of aromatic nitrogens is 1. The van der Waals surface area contributed by atoms with Crippen molar-refractivity contribution in [1.29, 1.82) is 0 Å². The molecular weight excluding hydrogens is 349 g/mol. The van der Waals surface area contributed by atoms with Crippen LogP contribution in [-0.2, 0) is 4.79 Å². The molecule has 0 bridgehead atoms. The molecule has 1 N–H and O–H groups in total. The van der Waals surface area contributed by atoms with E-state index in [1.165, 1.54) is 31.3 Å². The Balaban J connectivity index is 1.61. The van der Waals surface area contributed by atoms with Crippen molar-refractivity contribution in [3.8, 4) is 0 Å². The maximum Gasteiger partial charge on any atom is 0.254 e. The van der Waals surface area contributed by atoms with E-state index in [2.05, 4.69) is 4.98 Å². The second-order valence-electron chi connectivity index (χ2n) is 7.25. The number of nitrogens with zero attached hydrogens (tertiary/aromatic N) is 2. The average molecular weight is 369 g/mol. The van der Waals surface area contributed by atoms with Crippen molar-refractivity contribution in [2.45, 2.75) is 13.0 Å². The molecule has 2 aliphatic rings. The lowest BCUT2D eigenvalue weighted by Crippen LogP contribution is -2.36. The number of hydrogen-bond donors (Lipinski definition) is 1. The molecule has 2 aliphatic heterocycles. The third-order valence-corrected chi connectivity index (χ3v) is 5.57. The van der Waals surface area contributed by atoms with Crippen molar-refractivity contribution in [3.63, 3.8) is 0 Å². The second kappa shape index (κ2) is 6.64. The molecule has 1 aromatic carbocycles. The topological polar surface area (TPSA) is 73.5 Å². The highest BCUT2D eigenvalue weighted by Gasteiger charge is 2.49. The largest absolute Gasteiger partial charge is 0.338 e. The molecule has 6 nitrogen and oxygen atoms in total. The predicted octanol–water partition coefficient (Wildman–Crippen LogP) is 1.81. The van der Waals surface area contributed by atoms with Crippen molar-refractivity contribution in [1.82, 2.24) is 14.8 Å². The lowest BCUT2D eigenvalue weighted by atomic mass is 9.89. The number of hydrogen-bond acceptors (Lipinski definition) is 3. The molecule has 0 spiro atoms. The SMILES string of the molecule is CC(=O)N1C[C@H]2CN(C(=O)c3cc[nH]c(=O)c3)C[C@H]2[C@@H]1c1cccc(F)c1. The molecule has 2 amide bonds. The second-order valence-corrected chi connectivity index (χ2v) is 7.25. The van der Waals surface area contributed by atoms with Crippen LogP contribution in [0.2, 0.25) is 0 Å². The van der Waals surface area contributed by atoms with Gasteiger partial charge in [0.05, 0.1) is 6.04 Å².